The van der Waals surface area contributed by atoms with E-state index in [2.05, 4.69) is 130 Å². The molecule has 0 aromatic rings. The third-order valence-corrected chi connectivity index (χ3v) is 14.6. The van der Waals surface area contributed by atoms with Crippen molar-refractivity contribution in [1.82, 2.24) is 0 Å². The lowest BCUT2D eigenvalue weighted by Gasteiger charge is -2.21. The van der Waals surface area contributed by atoms with Gasteiger partial charge in [-0.15, -0.1) is 0 Å². The molecule has 0 rings (SSSR count). The number of allylic oxidation sites excluding steroid dienone is 18. The van der Waals surface area contributed by atoms with Crippen molar-refractivity contribution < 1.29 is 52.2 Å². The van der Waals surface area contributed by atoms with E-state index in [4.69, 9.17) is 23.3 Å². The first-order valence-corrected chi connectivity index (χ1v) is 34.3. The molecule has 0 heterocycles. The maximum absolute atomic E-state index is 13.0. The molecule has 12 heteroatoms. The Bertz CT molecular complexity index is 1790. The van der Waals surface area contributed by atoms with Crippen molar-refractivity contribution in [3.63, 3.8) is 0 Å². The van der Waals surface area contributed by atoms with Crippen LogP contribution in [0.3, 0.4) is 0 Å². The van der Waals surface area contributed by atoms with E-state index in [0.29, 0.717) is 19.3 Å². The molecule has 82 heavy (non-hydrogen) atoms. The van der Waals surface area contributed by atoms with Crippen LogP contribution in [0.5, 0.6) is 0 Å². The highest BCUT2D eigenvalue weighted by atomic mass is 31.2. The van der Waals surface area contributed by atoms with Gasteiger partial charge in [0.2, 0.25) is 0 Å². The van der Waals surface area contributed by atoms with Crippen molar-refractivity contribution in [2.75, 3.05) is 26.4 Å². The second-order valence-electron chi connectivity index (χ2n) is 21.5. The molecule has 2 N–H and O–H groups in total. The van der Waals surface area contributed by atoms with Crippen LogP contribution in [-0.4, -0.2) is 66.5 Å². The van der Waals surface area contributed by atoms with Crippen LogP contribution >= 0.6 is 7.82 Å². The highest BCUT2D eigenvalue weighted by Gasteiger charge is 2.28. The molecule has 0 fully saturated rings. The summed E-state index contributed by atoms with van der Waals surface area (Å²) in [6.07, 6.45) is 77.5. The first kappa shape index (κ1) is 78.1. The van der Waals surface area contributed by atoms with E-state index < -0.39 is 57.8 Å². The SMILES string of the molecule is CC/C=C\C/C=C\C/C=C\C/C=C\C/C=C\CCCCCC(=O)OCC(COP(=O)(O)OCC(CO)OC(=O)CCCCCC/C=C\C/C=C\C/C=C\C/C=C\CC)OC(=O)CCCCCCCCCCCCCCCCCCCCC. The second kappa shape index (κ2) is 63.2. The molecule has 0 aliphatic rings. The number of phosphoric acid groups is 1. The first-order chi connectivity index (χ1) is 40.2. The van der Waals surface area contributed by atoms with E-state index >= 15 is 0 Å². The van der Waals surface area contributed by atoms with Crippen molar-refractivity contribution in [3.8, 4) is 0 Å². The van der Waals surface area contributed by atoms with Gasteiger partial charge in [0.25, 0.3) is 0 Å². The van der Waals surface area contributed by atoms with Gasteiger partial charge in [0, 0.05) is 19.3 Å². The number of rotatable bonds is 60. The van der Waals surface area contributed by atoms with Crippen molar-refractivity contribution >= 4 is 25.7 Å². The van der Waals surface area contributed by atoms with Gasteiger partial charge in [0.15, 0.2) is 6.10 Å². The molecule has 0 aromatic heterocycles. The molecule has 0 saturated carbocycles. The average molecular weight is 1170 g/mol. The summed E-state index contributed by atoms with van der Waals surface area (Å²) in [4.78, 5) is 48.8. The molecule has 470 valence electrons. The summed E-state index contributed by atoms with van der Waals surface area (Å²) in [6.45, 7) is 4.39. The molecule has 0 aromatic carbocycles. The highest BCUT2D eigenvalue weighted by Crippen LogP contribution is 2.43. The quantitative estimate of drug-likeness (QED) is 0.0197. The summed E-state index contributed by atoms with van der Waals surface area (Å²) < 4.78 is 39.7. The number of hydrogen-bond donors (Lipinski definition) is 2. The lowest BCUT2D eigenvalue weighted by Crippen LogP contribution is -2.30. The molecule has 0 amide bonds. The van der Waals surface area contributed by atoms with Crippen molar-refractivity contribution in [3.05, 3.63) is 109 Å². The minimum Gasteiger partial charge on any atom is -0.462 e. The van der Waals surface area contributed by atoms with Crippen LogP contribution < -0.4 is 0 Å². The number of carbonyl (C=O) groups is 3. The number of carbonyl (C=O) groups excluding carboxylic acids is 3. The Morgan fingerprint density at radius 1 is 0.354 bits per heavy atom. The lowest BCUT2D eigenvalue weighted by molar-refractivity contribution is -0.161. The summed E-state index contributed by atoms with van der Waals surface area (Å²) in [5.74, 6) is -1.52. The predicted octanol–water partition coefficient (Wildman–Crippen LogP) is 20.1. The smallest absolute Gasteiger partial charge is 0.462 e. The molecule has 3 unspecified atom stereocenters. The summed E-state index contributed by atoms with van der Waals surface area (Å²) in [5, 5.41) is 9.86. The monoisotopic (exact) mass is 1170 g/mol. The van der Waals surface area contributed by atoms with E-state index in [1.54, 1.807) is 0 Å². The fourth-order valence-corrected chi connectivity index (χ4v) is 9.57. The van der Waals surface area contributed by atoms with Crippen molar-refractivity contribution in [1.29, 1.82) is 0 Å². The topological polar surface area (TPSA) is 155 Å². The number of unbranched alkanes of at least 4 members (excludes halogenated alkanes) is 25. The zero-order valence-electron chi connectivity index (χ0n) is 52.2. The van der Waals surface area contributed by atoms with Crippen LogP contribution in [-0.2, 0) is 42.2 Å². The number of esters is 3. The van der Waals surface area contributed by atoms with Gasteiger partial charge in [-0.3, -0.25) is 23.4 Å². The van der Waals surface area contributed by atoms with E-state index in [1.165, 1.54) is 96.3 Å². The Labute approximate surface area is 501 Å². The lowest BCUT2D eigenvalue weighted by atomic mass is 10.0. The maximum Gasteiger partial charge on any atom is 0.472 e. The molecular weight excluding hydrogens is 1050 g/mol. The Morgan fingerprint density at radius 3 is 0.988 bits per heavy atom. The molecule has 0 radical (unpaired) electrons. The van der Waals surface area contributed by atoms with Crippen LogP contribution in [0, 0.1) is 0 Å². The van der Waals surface area contributed by atoms with Gasteiger partial charge in [-0.05, 0) is 103 Å². The minimum absolute atomic E-state index is 0.143. The number of phosphoric ester groups is 1. The minimum atomic E-state index is -4.77. The maximum atomic E-state index is 13.0. The van der Waals surface area contributed by atoms with Crippen LogP contribution in [0.1, 0.15) is 278 Å². The summed E-state index contributed by atoms with van der Waals surface area (Å²) >= 11 is 0. The molecule has 0 spiro atoms. The van der Waals surface area contributed by atoms with E-state index in [9.17, 15) is 28.9 Å². The molecule has 3 atom stereocenters. The third kappa shape index (κ3) is 60.7. The van der Waals surface area contributed by atoms with Gasteiger partial charge in [-0.25, -0.2) is 4.57 Å². The first-order valence-electron chi connectivity index (χ1n) is 32.8. The molecule has 0 bridgehead atoms. The van der Waals surface area contributed by atoms with Crippen LogP contribution in [0.2, 0.25) is 0 Å². The molecule has 11 nitrogen and oxygen atoms in total. The van der Waals surface area contributed by atoms with Crippen LogP contribution in [0.4, 0.5) is 0 Å². The fraction of sp³-hybridized carbons (Fsp3) is 0.700. The Kier molecular flexibility index (Phi) is 60.2. The molecule has 0 aliphatic carbocycles. The number of aliphatic hydroxyl groups is 1. The third-order valence-electron chi connectivity index (χ3n) is 13.7. The summed E-state index contributed by atoms with van der Waals surface area (Å²) in [6, 6.07) is 0. The summed E-state index contributed by atoms with van der Waals surface area (Å²) in [5.41, 5.74) is 0. The largest absolute Gasteiger partial charge is 0.472 e. The van der Waals surface area contributed by atoms with Crippen molar-refractivity contribution in [2.24, 2.45) is 0 Å². The molecular formula is C70H119O11P. The molecule has 0 saturated heterocycles. The zero-order chi connectivity index (χ0) is 59.8. The van der Waals surface area contributed by atoms with Gasteiger partial charge in [-0.1, -0.05) is 265 Å². The fourth-order valence-electron chi connectivity index (χ4n) is 8.79. The van der Waals surface area contributed by atoms with Crippen LogP contribution in [0.25, 0.3) is 0 Å². The van der Waals surface area contributed by atoms with E-state index in [-0.39, 0.29) is 25.9 Å². The normalized spacial score (nSPS) is 14.0. The predicted molar refractivity (Wildman–Crippen MR) is 343 cm³/mol. The van der Waals surface area contributed by atoms with Gasteiger partial charge in [-0.2, -0.15) is 0 Å². The van der Waals surface area contributed by atoms with Gasteiger partial charge >= 0.3 is 25.7 Å². The van der Waals surface area contributed by atoms with E-state index in [0.717, 1.165) is 122 Å². The standard InChI is InChI=1S/C70H119O11P/c1-4-7-10-13-16-19-22-25-28-31-33-36-38-41-44-47-50-53-56-59-68(72)77-63-67(81-70(74)61-58-55-52-49-46-43-40-37-34-32-29-26-23-20-17-14-11-8-5-2)65-79-82(75,76)78-64-66(62-71)80-69(73)60-57-54-51-48-45-42-39-35-30-27-24-21-18-15-12-9-6-3/h7,9-10,12,16,18-19,21,25,27-28,30,33,36,39,41-42,44,66-67,71H,4-6,8,11,13-15,17,20,22-24,26,29,31-32,34-35,37-38,40,43,45-65H2,1-3H3,(H,75,76)/b10-7-,12-9-,19-16-,21-18-,28-25-,30-27-,36-33-,42-39-,44-41-. The summed E-state index contributed by atoms with van der Waals surface area (Å²) in [7, 11) is -4.77. The van der Waals surface area contributed by atoms with Crippen molar-refractivity contribution in [2.45, 2.75) is 290 Å². The second-order valence-corrected chi connectivity index (χ2v) is 23.0. The van der Waals surface area contributed by atoms with E-state index in [1.807, 2.05) is 0 Å². The Morgan fingerprint density at radius 2 is 0.634 bits per heavy atom. The van der Waals surface area contributed by atoms with Gasteiger partial charge < -0.3 is 24.2 Å². The van der Waals surface area contributed by atoms with Gasteiger partial charge in [0.1, 0.15) is 12.7 Å². The number of ether oxygens (including phenoxy) is 3. The number of hydrogen-bond acceptors (Lipinski definition) is 10. The Balaban J connectivity index is 4.77. The average Bonchev–Trinajstić information content (AvgIpc) is 3.47. The van der Waals surface area contributed by atoms with Crippen LogP contribution in [0.15, 0.2) is 109 Å². The molecule has 0 aliphatic heterocycles. The number of aliphatic hydroxyl groups excluding tert-OH is 1. The Hall–Kier alpha value is -3.86. The van der Waals surface area contributed by atoms with Gasteiger partial charge in [0.05, 0.1) is 19.8 Å². The zero-order valence-corrected chi connectivity index (χ0v) is 53.1. The highest BCUT2D eigenvalue weighted by molar-refractivity contribution is 7.47.